The maximum absolute atomic E-state index is 3.54. The lowest BCUT2D eigenvalue weighted by atomic mass is 10.1. The largest absolute Gasteiger partial charge is 0.314 e. The molecule has 1 atom stereocenters. The van der Waals surface area contributed by atoms with Crippen molar-refractivity contribution in [3.63, 3.8) is 0 Å². The van der Waals surface area contributed by atoms with Crippen LogP contribution in [0.4, 0.5) is 0 Å². The van der Waals surface area contributed by atoms with Gasteiger partial charge < -0.3 is 5.32 Å². The molecule has 1 aromatic rings. The highest BCUT2D eigenvalue weighted by Crippen LogP contribution is 2.32. The van der Waals surface area contributed by atoms with Crippen LogP contribution in [0.15, 0.2) is 15.9 Å². The summed E-state index contributed by atoms with van der Waals surface area (Å²) in [5.41, 5.74) is 0. The van der Waals surface area contributed by atoms with Gasteiger partial charge in [0.15, 0.2) is 0 Å². The first-order valence-electron chi connectivity index (χ1n) is 5.51. The molecular formula is C11H17BrN2S. The molecule has 2 rings (SSSR count). The Labute approximate surface area is 104 Å². The van der Waals surface area contributed by atoms with Gasteiger partial charge in [0, 0.05) is 37.1 Å². The van der Waals surface area contributed by atoms with E-state index < -0.39 is 0 Å². The first kappa shape index (κ1) is 11.6. The molecule has 1 N–H and O–H groups in total. The minimum atomic E-state index is 0.614. The van der Waals surface area contributed by atoms with E-state index in [9.17, 15) is 0 Å². The molecule has 1 fully saturated rings. The fourth-order valence-corrected chi connectivity index (χ4v) is 3.78. The zero-order valence-electron chi connectivity index (χ0n) is 9.00. The molecule has 0 radical (unpaired) electrons. The SMILES string of the molecule is CC[C@@H](c1ccc(Br)s1)N1CCNCC1. The molecule has 0 amide bonds. The zero-order valence-corrected chi connectivity index (χ0v) is 11.4. The van der Waals surface area contributed by atoms with Gasteiger partial charge in [-0.1, -0.05) is 6.92 Å². The predicted octanol–water partition coefficient (Wildman–Crippen LogP) is 2.87. The van der Waals surface area contributed by atoms with Crippen LogP contribution in [-0.2, 0) is 0 Å². The summed E-state index contributed by atoms with van der Waals surface area (Å²) in [6.07, 6.45) is 1.20. The molecule has 2 heterocycles. The smallest absolute Gasteiger partial charge is 0.0701 e. The maximum atomic E-state index is 3.54. The Kier molecular flexibility index (Phi) is 4.20. The Hall–Kier alpha value is 0.1000. The molecule has 1 aliphatic rings. The van der Waals surface area contributed by atoms with E-state index in [-0.39, 0.29) is 0 Å². The summed E-state index contributed by atoms with van der Waals surface area (Å²) in [5, 5.41) is 3.40. The average Bonchev–Trinajstić information content (AvgIpc) is 2.68. The lowest BCUT2D eigenvalue weighted by Gasteiger charge is -2.33. The fourth-order valence-electron chi connectivity index (χ4n) is 2.14. The van der Waals surface area contributed by atoms with Crippen LogP contribution in [0.5, 0.6) is 0 Å². The third-order valence-corrected chi connectivity index (χ3v) is 4.63. The highest BCUT2D eigenvalue weighted by atomic mass is 79.9. The van der Waals surface area contributed by atoms with Crippen LogP contribution in [0.2, 0.25) is 0 Å². The van der Waals surface area contributed by atoms with Crippen molar-refractivity contribution in [2.24, 2.45) is 0 Å². The maximum Gasteiger partial charge on any atom is 0.0701 e. The summed E-state index contributed by atoms with van der Waals surface area (Å²) >= 11 is 5.41. The van der Waals surface area contributed by atoms with Crippen molar-refractivity contribution in [3.8, 4) is 0 Å². The molecule has 0 unspecified atom stereocenters. The summed E-state index contributed by atoms with van der Waals surface area (Å²) in [4.78, 5) is 4.08. The van der Waals surface area contributed by atoms with E-state index in [0.717, 1.165) is 13.1 Å². The fraction of sp³-hybridized carbons (Fsp3) is 0.636. The monoisotopic (exact) mass is 288 g/mol. The van der Waals surface area contributed by atoms with Crippen LogP contribution in [0.3, 0.4) is 0 Å². The van der Waals surface area contributed by atoms with Crippen molar-refractivity contribution in [1.29, 1.82) is 0 Å². The third kappa shape index (κ3) is 2.81. The average molecular weight is 289 g/mol. The van der Waals surface area contributed by atoms with E-state index in [2.05, 4.69) is 45.2 Å². The number of thiophene rings is 1. The molecule has 0 spiro atoms. The Balaban J connectivity index is 2.08. The summed E-state index contributed by atoms with van der Waals surface area (Å²) in [6.45, 7) is 6.88. The molecule has 1 aliphatic heterocycles. The van der Waals surface area contributed by atoms with Gasteiger partial charge in [0.1, 0.15) is 0 Å². The van der Waals surface area contributed by atoms with Gasteiger partial charge in [-0.05, 0) is 34.5 Å². The highest BCUT2D eigenvalue weighted by molar-refractivity contribution is 9.11. The minimum absolute atomic E-state index is 0.614. The first-order valence-corrected chi connectivity index (χ1v) is 7.12. The van der Waals surface area contributed by atoms with Gasteiger partial charge in [0.2, 0.25) is 0 Å². The lowest BCUT2D eigenvalue weighted by molar-refractivity contribution is 0.172. The van der Waals surface area contributed by atoms with Gasteiger partial charge in [-0.15, -0.1) is 11.3 Å². The predicted molar refractivity (Wildman–Crippen MR) is 69.5 cm³/mol. The van der Waals surface area contributed by atoms with E-state index in [1.807, 2.05) is 11.3 Å². The number of halogens is 1. The van der Waals surface area contributed by atoms with E-state index in [0.29, 0.717) is 6.04 Å². The standard InChI is InChI=1S/C11H17BrN2S/c1-2-9(10-3-4-11(12)15-10)14-7-5-13-6-8-14/h3-4,9,13H,2,5-8H2,1H3/t9-/m0/s1. The summed E-state index contributed by atoms with van der Waals surface area (Å²) in [6, 6.07) is 5.03. The van der Waals surface area contributed by atoms with Gasteiger partial charge >= 0.3 is 0 Å². The number of hydrogen-bond donors (Lipinski definition) is 1. The van der Waals surface area contributed by atoms with E-state index in [4.69, 9.17) is 0 Å². The van der Waals surface area contributed by atoms with E-state index in [1.165, 1.54) is 28.2 Å². The van der Waals surface area contributed by atoms with Gasteiger partial charge in [-0.2, -0.15) is 0 Å². The first-order chi connectivity index (χ1) is 7.31. The molecular weight excluding hydrogens is 272 g/mol. The number of piperazine rings is 1. The molecule has 1 saturated heterocycles. The Morgan fingerprint density at radius 2 is 2.20 bits per heavy atom. The molecule has 84 valence electrons. The van der Waals surface area contributed by atoms with Crippen LogP contribution in [-0.4, -0.2) is 31.1 Å². The second-order valence-corrected chi connectivity index (χ2v) is 6.35. The minimum Gasteiger partial charge on any atom is -0.314 e. The molecule has 15 heavy (non-hydrogen) atoms. The lowest BCUT2D eigenvalue weighted by Crippen LogP contribution is -2.44. The zero-order chi connectivity index (χ0) is 10.7. The number of hydrogen-bond acceptors (Lipinski definition) is 3. The number of nitrogens with zero attached hydrogens (tertiary/aromatic N) is 1. The van der Waals surface area contributed by atoms with Crippen molar-refractivity contribution in [2.75, 3.05) is 26.2 Å². The van der Waals surface area contributed by atoms with Gasteiger partial charge in [0.25, 0.3) is 0 Å². The highest BCUT2D eigenvalue weighted by Gasteiger charge is 2.21. The molecule has 0 saturated carbocycles. The summed E-state index contributed by atoms with van der Waals surface area (Å²) in [5.74, 6) is 0. The second kappa shape index (κ2) is 5.43. The van der Waals surface area contributed by atoms with E-state index >= 15 is 0 Å². The molecule has 0 bridgehead atoms. The summed E-state index contributed by atoms with van der Waals surface area (Å²) < 4.78 is 1.24. The van der Waals surface area contributed by atoms with Crippen LogP contribution >= 0.6 is 27.3 Å². The molecule has 4 heteroatoms. The Morgan fingerprint density at radius 1 is 1.47 bits per heavy atom. The quantitative estimate of drug-likeness (QED) is 0.920. The van der Waals surface area contributed by atoms with Crippen molar-refractivity contribution in [2.45, 2.75) is 19.4 Å². The van der Waals surface area contributed by atoms with Crippen LogP contribution in [0.1, 0.15) is 24.3 Å². The van der Waals surface area contributed by atoms with Crippen molar-refractivity contribution in [1.82, 2.24) is 10.2 Å². The normalized spacial score (nSPS) is 20.4. The van der Waals surface area contributed by atoms with Gasteiger partial charge in [0.05, 0.1) is 3.79 Å². The van der Waals surface area contributed by atoms with Crippen LogP contribution < -0.4 is 5.32 Å². The van der Waals surface area contributed by atoms with Crippen LogP contribution in [0, 0.1) is 0 Å². The molecule has 0 aliphatic carbocycles. The van der Waals surface area contributed by atoms with Gasteiger partial charge in [-0.25, -0.2) is 0 Å². The third-order valence-electron chi connectivity index (χ3n) is 2.90. The van der Waals surface area contributed by atoms with Crippen LogP contribution in [0.25, 0.3) is 0 Å². The molecule has 0 aromatic carbocycles. The van der Waals surface area contributed by atoms with Crippen molar-refractivity contribution < 1.29 is 0 Å². The Bertz CT molecular complexity index is 307. The van der Waals surface area contributed by atoms with E-state index in [1.54, 1.807) is 0 Å². The van der Waals surface area contributed by atoms with Crippen molar-refractivity contribution >= 4 is 27.3 Å². The second-order valence-electron chi connectivity index (χ2n) is 3.85. The number of rotatable bonds is 3. The van der Waals surface area contributed by atoms with Crippen molar-refractivity contribution in [3.05, 3.63) is 20.8 Å². The molecule has 1 aromatic heterocycles. The summed E-state index contributed by atoms with van der Waals surface area (Å²) in [7, 11) is 0. The Morgan fingerprint density at radius 3 is 2.73 bits per heavy atom. The van der Waals surface area contributed by atoms with Gasteiger partial charge in [-0.3, -0.25) is 4.90 Å². The number of nitrogens with one attached hydrogen (secondary N) is 1. The topological polar surface area (TPSA) is 15.3 Å². The molecule has 2 nitrogen and oxygen atoms in total.